The van der Waals surface area contributed by atoms with Gasteiger partial charge in [0.1, 0.15) is 5.82 Å². The monoisotopic (exact) mass is 592 g/mol. The first-order chi connectivity index (χ1) is 21.5. The minimum Gasteiger partial charge on any atom is -0.342 e. The van der Waals surface area contributed by atoms with Gasteiger partial charge in [0.15, 0.2) is 0 Å². The van der Waals surface area contributed by atoms with Gasteiger partial charge in [-0.05, 0) is 81.5 Å². The molecule has 8 heteroatoms. The van der Waals surface area contributed by atoms with Crippen LogP contribution < -0.4 is 0 Å². The van der Waals surface area contributed by atoms with E-state index in [1.165, 1.54) is 36.8 Å². The fourth-order valence-corrected chi connectivity index (χ4v) is 9.02. The Labute approximate surface area is 260 Å². The Kier molecular flexibility index (Phi) is 7.92. The van der Waals surface area contributed by atoms with Crippen molar-refractivity contribution in [3.05, 3.63) is 66.0 Å². The second-order valence-electron chi connectivity index (χ2n) is 13.6. The summed E-state index contributed by atoms with van der Waals surface area (Å²) in [7, 11) is 0. The van der Waals surface area contributed by atoms with Crippen LogP contribution in [0.1, 0.15) is 75.2 Å². The third-order valence-corrected chi connectivity index (χ3v) is 11.3. The van der Waals surface area contributed by atoms with E-state index in [1.54, 1.807) is 4.90 Å². The van der Waals surface area contributed by atoms with Crippen molar-refractivity contribution in [3.8, 4) is 6.07 Å². The summed E-state index contributed by atoms with van der Waals surface area (Å²) >= 11 is 0. The molecule has 2 aromatic carbocycles. The van der Waals surface area contributed by atoms with E-state index in [4.69, 9.17) is 10.2 Å². The lowest BCUT2D eigenvalue weighted by Crippen LogP contribution is -2.50. The van der Waals surface area contributed by atoms with Gasteiger partial charge in [-0.2, -0.15) is 5.26 Å². The van der Waals surface area contributed by atoms with E-state index in [0.29, 0.717) is 37.6 Å². The van der Waals surface area contributed by atoms with Gasteiger partial charge in [0, 0.05) is 50.7 Å². The number of nitrogens with zero attached hydrogens (tertiary/aromatic N) is 6. The predicted octanol–water partition coefficient (Wildman–Crippen LogP) is 5.23. The number of para-hydroxylation sites is 2. The van der Waals surface area contributed by atoms with Crippen molar-refractivity contribution in [1.29, 1.82) is 5.26 Å². The van der Waals surface area contributed by atoms with E-state index in [9.17, 15) is 9.59 Å². The molecule has 1 aromatic heterocycles. The van der Waals surface area contributed by atoms with Gasteiger partial charge in [0.2, 0.25) is 11.8 Å². The molecule has 4 aliphatic rings. The van der Waals surface area contributed by atoms with Crippen LogP contribution >= 0.6 is 0 Å². The Bertz CT molecular complexity index is 1540. The largest absolute Gasteiger partial charge is 0.342 e. The first kappa shape index (κ1) is 29.0. The molecule has 5 heterocycles. The number of piperidine rings is 2. The summed E-state index contributed by atoms with van der Waals surface area (Å²) in [4.78, 5) is 37.4. The van der Waals surface area contributed by atoms with Crippen LogP contribution in [0.25, 0.3) is 11.0 Å². The number of carbonyl (C=O) groups excluding carboxylic acids is 2. The van der Waals surface area contributed by atoms with Crippen LogP contribution in [0.15, 0.2) is 54.6 Å². The second kappa shape index (κ2) is 12.0. The molecule has 0 saturated carbocycles. The number of imidazole rings is 1. The number of aromatic nitrogens is 2. The van der Waals surface area contributed by atoms with Crippen LogP contribution in [0.5, 0.6) is 0 Å². The highest BCUT2D eigenvalue weighted by atomic mass is 16.2. The second-order valence-corrected chi connectivity index (χ2v) is 13.6. The summed E-state index contributed by atoms with van der Waals surface area (Å²) in [6, 6.07) is 23.4. The molecule has 3 unspecified atom stereocenters. The number of fused-ring (bicyclic) bond motifs is 3. The first-order valence-corrected chi connectivity index (χ1v) is 16.6. The molecule has 0 spiro atoms. The molecule has 3 atom stereocenters. The first-order valence-electron chi connectivity index (χ1n) is 16.6. The maximum absolute atomic E-state index is 13.5. The molecule has 0 radical (unpaired) electrons. The normalized spacial score (nSPS) is 26.8. The third-order valence-electron chi connectivity index (χ3n) is 11.3. The van der Waals surface area contributed by atoms with Gasteiger partial charge in [-0.15, -0.1) is 0 Å². The van der Waals surface area contributed by atoms with Gasteiger partial charge in [-0.1, -0.05) is 42.5 Å². The lowest BCUT2D eigenvalue weighted by molar-refractivity contribution is -0.137. The lowest BCUT2D eigenvalue weighted by atomic mass is 9.70. The van der Waals surface area contributed by atoms with E-state index < -0.39 is 0 Å². The highest BCUT2D eigenvalue weighted by Crippen LogP contribution is 2.45. The van der Waals surface area contributed by atoms with Crippen molar-refractivity contribution in [2.24, 2.45) is 5.92 Å². The number of likely N-dealkylation sites (tertiary alicyclic amines) is 2. The number of benzene rings is 2. The number of aryl methyl sites for hydroxylation is 1. The van der Waals surface area contributed by atoms with Crippen LogP contribution in [-0.4, -0.2) is 80.9 Å². The van der Waals surface area contributed by atoms with E-state index in [0.717, 1.165) is 50.2 Å². The van der Waals surface area contributed by atoms with Gasteiger partial charge >= 0.3 is 0 Å². The molecule has 4 fully saturated rings. The number of hydrogen-bond donors (Lipinski definition) is 0. The van der Waals surface area contributed by atoms with Crippen LogP contribution in [0.2, 0.25) is 0 Å². The van der Waals surface area contributed by atoms with Gasteiger partial charge in [0.05, 0.1) is 29.4 Å². The molecule has 2 amide bonds. The Morgan fingerprint density at radius 1 is 0.977 bits per heavy atom. The number of hydrogen-bond acceptors (Lipinski definition) is 5. The molecule has 0 N–H and O–H groups in total. The molecule has 44 heavy (non-hydrogen) atoms. The Balaban J connectivity index is 1.02. The number of amides is 2. The van der Waals surface area contributed by atoms with Crippen molar-refractivity contribution >= 4 is 22.8 Å². The van der Waals surface area contributed by atoms with Gasteiger partial charge in [-0.25, -0.2) is 4.98 Å². The zero-order chi connectivity index (χ0) is 30.3. The summed E-state index contributed by atoms with van der Waals surface area (Å²) in [6.07, 6.45) is 8.52. The maximum Gasteiger partial charge on any atom is 0.227 e. The molecular formula is C36H44N6O2. The molecule has 2 bridgehead atoms. The number of rotatable bonds is 8. The van der Waals surface area contributed by atoms with Crippen LogP contribution in [0.4, 0.5) is 0 Å². The highest BCUT2D eigenvalue weighted by molar-refractivity contribution is 5.89. The summed E-state index contributed by atoms with van der Waals surface area (Å²) in [5.74, 6) is 0.967. The molecular weight excluding hydrogens is 548 g/mol. The quantitative estimate of drug-likeness (QED) is 0.358. The van der Waals surface area contributed by atoms with Crippen LogP contribution in [-0.2, 0) is 15.0 Å². The summed E-state index contributed by atoms with van der Waals surface area (Å²) in [5.41, 5.74) is 3.82. The molecule has 230 valence electrons. The lowest BCUT2D eigenvalue weighted by Gasteiger charge is -2.46. The van der Waals surface area contributed by atoms with E-state index >= 15 is 0 Å². The number of nitriles is 1. The topological polar surface area (TPSA) is 85.5 Å². The smallest absolute Gasteiger partial charge is 0.227 e. The number of carbonyl (C=O) groups is 2. The summed E-state index contributed by atoms with van der Waals surface area (Å²) in [5, 5.41) is 8.92. The molecule has 4 saturated heterocycles. The zero-order valence-electron chi connectivity index (χ0n) is 25.9. The summed E-state index contributed by atoms with van der Waals surface area (Å²) in [6.45, 7) is 5.60. The molecule has 8 nitrogen and oxygen atoms in total. The van der Waals surface area contributed by atoms with E-state index in [2.05, 4.69) is 77.1 Å². The predicted molar refractivity (Wildman–Crippen MR) is 170 cm³/mol. The molecule has 3 aromatic rings. The van der Waals surface area contributed by atoms with Crippen molar-refractivity contribution in [1.82, 2.24) is 24.3 Å². The van der Waals surface area contributed by atoms with Crippen molar-refractivity contribution < 1.29 is 9.59 Å². The maximum atomic E-state index is 13.5. The van der Waals surface area contributed by atoms with Crippen LogP contribution in [0, 0.1) is 24.2 Å². The van der Waals surface area contributed by atoms with Gasteiger partial charge < -0.3 is 14.4 Å². The van der Waals surface area contributed by atoms with Gasteiger partial charge in [0.25, 0.3) is 0 Å². The fourth-order valence-electron chi connectivity index (χ4n) is 9.02. The summed E-state index contributed by atoms with van der Waals surface area (Å²) < 4.78 is 2.51. The average Bonchev–Trinajstić information content (AvgIpc) is 3.67. The Morgan fingerprint density at radius 2 is 1.68 bits per heavy atom. The average molecular weight is 593 g/mol. The third kappa shape index (κ3) is 5.30. The molecule has 7 rings (SSSR count). The van der Waals surface area contributed by atoms with Gasteiger partial charge in [-0.3, -0.25) is 14.5 Å². The van der Waals surface area contributed by atoms with E-state index in [-0.39, 0.29) is 29.6 Å². The minimum absolute atomic E-state index is 0.00373. The van der Waals surface area contributed by atoms with E-state index in [1.807, 2.05) is 4.90 Å². The Morgan fingerprint density at radius 3 is 2.41 bits per heavy atom. The van der Waals surface area contributed by atoms with Crippen molar-refractivity contribution in [2.45, 2.75) is 88.3 Å². The Hall–Kier alpha value is -3.70. The SMILES string of the molecule is Cc1nc2ccccc2n1C1CC2CCC(C1)N2CCC1(c2ccccc2)CCN(C(=O)C2CC(=O)N(CCC#N)C2)CC1. The highest BCUT2D eigenvalue weighted by Gasteiger charge is 2.45. The minimum atomic E-state index is -0.279. The van der Waals surface area contributed by atoms with Crippen LogP contribution in [0.3, 0.4) is 0 Å². The van der Waals surface area contributed by atoms with Crippen molar-refractivity contribution in [3.63, 3.8) is 0 Å². The fraction of sp³-hybridized carbons (Fsp3) is 0.556. The zero-order valence-corrected chi connectivity index (χ0v) is 25.9. The standard InChI is InChI=1S/C36H44N6O2/c1-26-38-32-10-5-6-11-33(32)42(26)31-23-29-12-13-30(24-31)41(29)21-16-36(28-8-3-2-4-9-28)14-19-39(20-15-36)35(44)27-22-34(43)40(25-27)18-7-17-37/h2-6,8-11,27,29-31H,7,12-16,18-25H2,1H3. The molecule has 0 aliphatic carbocycles. The molecule has 4 aliphatic heterocycles. The van der Waals surface area contributed by atoms with Crippen molar-refractivity contribution in [2.75, 3.05) is 32.7 Å².